The Morgan fingerprint density at radius 2 is 1.79 bits per heavy atom. The lowest BCUT2D eigenvalue weighted by Gasteiger charge is -2.40. The van der Waals surface area contributed by atoms with E-state index in [1.54, 1.807) is 12.1 Å². The summed E-state index contributed by atoms with van der Waals surface area (Å²) in [5.41, 5.74) is 0.964. The molecule has 1 aliphatic carbocycles. The molecule has 4 heteroatoms. The zero-order valence-corrected chi connectivity index (χ0v) is 11.3. The SMILES string of the molecule is O=C1CC(C2CCC2)C(c2ccc(Cl)cc2)C(=O)N1. The first-order chi connectivity index (χ1) is 9.15. The fraction of sp³-hybridized carbons (Fsp3) is 0.467. The van der Waals surface area contributed by atoms with Gasteiger partial charge >= 0.3 is 0 Å². The molecule has 1 N–H and O–H groups in total. The highest BCUT2D eigenvalue weighted by Crippen LogP contribution is 2.44. The van der Waals surface area contributed by atoms with Gasteiger partial charge in [0.05, 0.1) is 5.92 Å². The molecule has 19 heavy (non-hydrogen) atoms. The van der Waals surface area contributed by atoms with Crippen LogP contribution in [0.3, 0.4) is 0 Å². The average Bonchev–Trinajstić information content (AvgIpc) is 2.28. The van der Waals surface area contributed by atoms with E-state index < -0.39 is 0 Å². The minimum absolute atomic E-state index is 0.132. The molecule has 2 aliphatic rings. The topological polar surface area (TPSA) is 46.2 Å². The van der Waals surface area contributed by atoms with E-state index in [0.29, 0.717) is 17.4 Å². The monoisotopic (exact) mass is 277 g/mol. The van der Waals surface area contributed by atoms with Gasteiger partial charge < -0.3 is 0 Å². The number of nitrogens with one attached hydrogen (secondary N) is 1. The first-order valence-corrected chi connectivity index (χ1v) is 7.12. The summed E-state index contributed by atoms with van der Waals surface area (Å²) in [7, 11) is 0. The third-order valence-electron chi connectivity index (χ3n) is 4.38. The van der Waals surface area contributed by atoms with Crippen molar-refractivity contribution in [2.24, 2.45) is 11.8 Å². The molecule has 0 radical (unpaired) electrons. The largest absolute Gasteiger partial charge is 0.296 e. The fourth-order valence-corrected chi connectivity index (χ4v) is 3.29. The van der Waals surface area contributed by atoms with Crippen molar-refractivity contribution in [3.05, 3.63) is 34.9 Å². The molecule has 0 bridgehead atoms. The van der Waals surface area contributed by atoms with E-state index in [1.807, 2.05) is 12.1 Å². The van der Waals surface area contributed by atoms with Crippen LogP contribution in [0.2, 0.25) is 5.02 Å². The summed E-state index contributed by atoms with van der Waals surface area (Å²) in [5, 5.41) is 3.13. The summed E-state index contributed by atoms with van der Waals surface area (Å²) in [6.07, 6.45) is 3.94. The Labute approximate surface area is 117 Å². The molecule has 2 atom stereocenters. The van der Waals surface area contributed by atoms with E-state index in [0.717, 1.165) is 18.4 Å². The van der Waals surface area contributed by atoms with Crippen molar-refractivity contribution in [2.45, 2.75) is 31.6 Å². The predicted molar refractivity (Wildman–Crippen MR) is 72.8 cm³/mol. The fourth-order valence-electron chi connectivity index (χ4n) is 3.17. The highest BCUT2D eigenvalue weighted by Gasteiger charge is 2.42. The van der Waals surface area contributed by atoms with Crippen LogP contribution in [0.4, 0.5) is 0 Å². The van der Waals surface area contributed by atoms with Crippen LogP contribution in [0.1, 0.15) is 37.2 Å². The smallest absolute Gasteiger partial charge is 0.234 e. The molecule has 1 saturated carbocycles. The van der Waals surface area contributed by atoms with Crippen LogP contribution in [0.25, 0.3) is 0 Å². The van der Waals surface area contributed by atoms with Crippen molar-refractivity contribution in [1.82, 2.24) is 5.32 Å². The molecule has 3 nitrogen and oxygen atoms in total. The highest BCUT2D eigenvalue weighted by molar-refractivity contribution is 6.30. The summed E-state index contributed by atoms with van der Waals surface area (Å²) >= 11 is 5.89. The second-order valence-electron chi connectivity index (χ2n) is 5.50. The first kappa shape index (κ1) is 12.7. The van der Waals surface area contributed by atoms with Crippen LogP contribution >= 0.6 is 11.6 Å². The van der Waals surface area contributed by atoms with Gasteiger partial charge in [-0.15, -0.1) is 0 Å². The lowest BCUT2D eigenvalue weighted by atomic mass is 9.66. The normalized spacial score (nSPS) is 27.8. The number of piperidine rings is 1. The minimum atomic E-state index is -0.208. The number of imide groups is 1. The number of amides is 2. The Hall–Kier alpha value is -1.35. The molecule has 100 valence electrons. The van der Waals surface area contributed by atoms with Crippen molar-refractivity contribution < 1.29 is 9.59 Å². The van der Waals surface area contributed by atoms with E-state index in [-0.39, 0.29) is 23.7 Å². The van der Waals surface area contributed by atoms with Gasteiger partial charge in [0.1, 0.15) is 0 Å². The summed E-state index contributed by atoms with van der Waals surface area (Å²) < 4.78 is 0. The van der Waals surface area contributed by atoms with Gasteiger partial charge in [-0.3, -0.25) is 14.9 Å². The van der Waals surface area contributed by atoms with E-state index in [4.69, 9.17) is 11.6 Å². The quantitative estimate of drug-likeness (QED) is 0.845. The van der Waals surface area contributed by atoms with Crippen molar-refractivity contribution in [3.8, 4) is 0 Å². The second kappa shape index (κ2) is 4.97. The van der Waals surface area contributed by atoms with Crippen LogP contribution < -0.4 is 5.32 Å². The molecule has 2 fully saturated rings. The molecule has 1 aromatic rings. The lowest BCUT2D eigenvalue weighted by Crippen LogP contribution is -2.47. The standard InChI is InChI=1S/C15H16ClNO2/c16-11-6-4-10(5-7-11)14-12(9-2-1-3-9)8-13(18)17-15(14)19/h4-7,9,12,14H,1-3,8H2,(H,17,18,19). The zero-order chi connectivity index (χ0) is 13.4. The Bertz CT molecular complexity index is 507. The van der Waals surface area contributed by atoms with Gasteiger partial charge in [0.2, 0.25) is 11.8 Å². The van der Waals surface area contributed by atoms with Crippen LogP contribution in [0.15, 0.2) is 24.3 Å². The molecule has 1 saturated heterocycles. The summed E-state index contributed by atoms with van der Waals surface area (Å²) in [4.78, 5) is 23.8. The van der Waals surface area contributed by atoms with Crippen LogP contribution in [-0.2, 0) is 9.59 Å². The number of rotatable bonds is 2. The Morgan fingerprint density at radius 3 is 2.37 bits per heavy atom. The van der Waals surface area contributed by atoms with Crippen molar-refractivity contribution in [3.63, 3.8) is 0 Å². The van der Waals surface area contributed by atoms with Gasteiger partial charge in [-0.2, -0.15) is 0 Å². The zero-order valence-electron chi connectivity index (χ0n) is 10.6. The maximum atomic E-state index is 12.2. The molecule has 2 unspecified atom stereocenters. The van der Waals surface area contributed by atoms with Gasteiger partial charge in [-0.25, -0.2) is 0 Å². The molecule has 0 aromatic heterocycles. The van der Waals surface area contributed by atoms with Gasteiger partial charge in [0, 0.05) is 11.4 Å². The molecule has 2 amide bonds. The molecule has 1 heterocycles. The number of halogens is 1. The average molecular weight is 278 g/mol. The maximum absolute atomic E-state index is 12.2. The maximum Gasteiger partial charge on any atom is 0.234 e. The number of hydrogen-bond donors (Lipinski definition) is 1. The second-order valence-corrected chi connectivity index (χ2v) is 5.94. The Kier molecular flexibility index (Phi) is 3.31. The highest BCUT2D eigenvalue weighted by atomic mass is 35.5. The molecule has 0 spiro atoms. The van der Waals surface area contributed by atoms with Crippen LogP contribution in [-0.4, -0.2) is 11.8 Å². The third kappa shape index (κ3) is 2.39. The van der Waals surface area contributed by atoms with E-state index in [1.165, 1.54) is 6.42 Å². The Balaban J connectivity index is 1.92. The number of carbonyl (C=O) groups excluding carboxylic acids is 2. The van der Waals surface area contributed by atoms with Gasteiger partial charge in [-0.1, -0.05) is 43.0 Å². The van der Waals surface area contributed by atoms with Gasteiger partial charge in [0.15, 0.2) is 0 Å². The van der Waals surface area contributed by atoms with Gasteiger partial charge in [-0.05, 0) is 29.5 Å². The summed E-state index contributed by atoms with van der Waals surface area (Å²) in [6, 6.07) is 7.40. The third-order valence-corrected chi connectivity index (χ3v) is 4.63. The van der Waals surface area contributed by atoms with Crippen LogP contribution in [0.5, 0.6) is 0 Å². The van der Waals surface area contributed by atoms with Crippen molar-refractivity contribution >= 4 is 23.4 Å². The van der Waals surface area contributed by atoms with Crippen molar-refractivity contribution in [1.29, 1.82) is 0 Å². The van der Waals surface area contributed by atoms with E-state index in [2.05, 4.69) is 5.32 Å². The molecule has 1 aromatic carbocycles. The molecule has 1 aliphatic heterocycles. The number of carbonyl (C=O) groups is 2. The first-order valence-electron chi connectivity index (χ1n) is 6.74. The van der Waals surface area contributed by atoms with Crippen molar-refractivity contribution in [2.75, 3.05) is 0 Å². The predicted octanol–water partition coefficient (Wildman–Crippen LogP) is 2.89. The summed E-state index contributed by atoms with van der Waals surface area (Å²) in [5.74, 6) is 0.162. The minimum Gasteiger partial charge on any atom is -0.296 e. The van der Waals surface area contributed by atoms with Gasteiger partial charge in [0.25, 0.3) is 0 Å². The molecule has 3 rings (SSSR count). The molecular weight excluding hydrogens is 262 g/mol. The summed E-state index contributed by atoms with van der Waals surface area (Å²) in [6.45, 7) is 0. The van der Waals surface area contributed by atoms with Crippen LogP contribution in [0, 0.1) is 11.8 Å². The lowest BCUT2D eigenvalue weighted by molar-refractivity contribution is -0.138. The Morgan fingerprint density at radius 1 is 1.11 bits per heavy atom. The van der Waals surface area contributed by atoms with E-state index in [9.17, 15) is 9.59 Å². The molecular formula is C15H16ClNO2. The number of hydrogen-bond acceptors (Lipinski definition) is 2. The number of benzene rings is 1. The van der Waals surface area contributed by atoms with E-state index >= 15 is 0 Å².